The van der Waals surface area contributed by atoms with Gasteiger partial charge >= 0.3 is 0 Å². The minimum Gasteiger partial charge on any atom is -0.497 e. The van der Waals surface area contributed by atoms with Gasteiger partial charge in [-0.1, -0.05) is 13.3 Å². The van der Waals surface area contributed by atoms with Crippen molar-refractivity contribution in [3.05, 3.63) is 59.4 Å². The lowest BCUT2D eigenvalue weighted by molar-refractivity contribution is -0.124. The van der Waals surface area contributed by atoms with Crippen LogP contribution in [0.2, 0.25) is 0 Å². The van der Waals surface area contributed by atoms with Gasteiger partial charge in [0.15, 0.2) is 0 Å². The molecule has 0 saturated carbocycles. The van der Waals surface area contributed by atoms with Crippen molar-refractivity contribution in [3.8, 4) is 11.5 Å². The summed E-state index contributed by atoms with van der Waals surface area (Å²) in [6, 6.07) is 10.9. The van der Waals surface area contributed by atoms with E-state index in [0.717, 1.165) is 18.4 Å². The minimum atomic E-state index is -0.428. The fraction of sp³-hybridized carbons (Fsp3) is 0.417. The van der Waals surface area contributed by atoms with Crippen LogP contribution in [-0.4, -0.2) is 50.6 Å². The summed E-state index contributed by atoms with van der Waals surface area (Å²) >= 11 is 0. The van der Waals surface area contributed by atoms with Crippen molar-refractivity contribution in [2.24, 2.45) is 5.92 Å². The van der Waals surface area contributed by atoms with Crippen molar-refractivity contribution < 1.29 is 23.5 Å². The third-order valence-electron chi connectivity index (χ3n) is 5.70. The topological polar surface area (TPSA) is 67.9 Å². The van der Waals surface area contributed by atoms with E-state index in [1.165, 1.54) is 24.3 Å². The van der Waals surface area contributed by atoms with Gasteiger partial charge in [-0.3, -0.25) is 9.59 Å². The van der Waals surface area contributed by atoms with Gasteiger partial charge in [0.1, 0.15) is 17.3 Å². The number of carbonyl (C=O) groups is 2. The molecule has 2 atom stereocenters. The third-order valence-corrected chi connectivity index (χ3v) is 5.70. The molecule has 0 radical (unpaired) electrons. The highest BCUT2D eigenvalue weighted by Gasteiger charge is 2.41. The summed E-state index contributed by atoms with van der Waals surface area (Å²) in [5, 5.41) is 3.00. The SMILES string of the molecule is CCCCNC(=O)[C@@H]1CN(C(=O)c2ccc(F)cc2)C[C@@H]1c1cc(OC)ccc1OC. The standard InChI is InChI=1S/C24H29FN2O4/c1-4-5-12-26-23(28)21-15-27(24(29)16-6-8-17(25)9-7-16)14-20(21)19-13-18(30-2)10-11-22(19)31-3/h6-11,13,20-21H,4-5,12,14-15H2,1-3H3,(H,26,28)/t20-,21-/m1/s1. The molecule has 1 saturated heterocycles. The number of benzene rings is 2. The van der Waals surface area contributed by atoms with E-state index in [0.29, 0.717) is 30.2 Å². The zero-order chi connectivity index (χ0) is 22.4. The van der Waals surface area contributed by atoms with E-state index < -0.39 is 11.7 Å². The number of halogens is 1. The average molecular weight is 429 g/mol. The number of nitrogens with zero attached hydrogens (tertiary/aromatic N) is 1. The van der Waals surface area contributed by atoms with Crippen molar-refractivity contribution in [2.45, 2.75) is 25.7 Å². The Hall–Kier alpha value is -3.09. The highest BCUT2D eigenvalue weighted by molar-refractivity contribution is 5.95. The van der Waals surface area contributed by atoms with Crippen LogP contribution in [0.3, 0.4) is 0 Å². The zero-order valence-electron chi connectivity index (χ0n) is 18.2. The van der Waals surface area contributed by atoms with Gasteiger partial charge in [0.25, 0.3) is 5.91 Å². The highest BCUT2D eigenvalue weighted by Crippen LogP contribution is 2.40. The Morgan fingerprint density at radius 2 is 1.84 bits per heavy atom. The van der Waals surface area contributed by atoms with E-state index in [1.807, 2.05) is 12.1 Å². The molecule has 0 aliphatic carbocycles. The summed E-state index contributed by atoms with van der Waals surface area (Å²) in [6.45, 7) is 3.29. The Morgan fingerprint density at radius 1 is 1.10 bits per heavy atom. The number of carbonyl (C=O) groups excluding carboxylic acids is 2. The summed E-state index contributed by atoms with van der Waals surface area (Å²) in [7, 11) is 3.16. The van der Waals surface area contributed by atoms with Crippen LogP contribution in [0, 0.1) is 11.7 Å². The smallest absolute Gasteiger partial charge is 0.253 e. The van der Waals surface area contributed by atoms with Crippen LogP contribution in [0.15, 0.2) is 42.5 Å². The van der Waals surface area contributed by atoms with Crippen LogP contribution in [0.5, 0.6) is 11.5 Å². The van der Waals surface area contributed by atoms with Crippen LogP contribution in [-0.2, 0) is 4.79 Å². The van der Waals surface area contributed by atoms with Gasteiger partial charge in [0.05, 0.1) is 20.1 Å². The number of amides is 2. The van der Waals surface area contributed by atoms with Crippen molar-refractivity contribution in [3.63, 3.8) is 0 Å². The first-order chi connectivity index (χ1) is 15.0. The molecule has 1 fully saturated rings. The van der Waals surface area contributed by atoms with Crippen LogP contribution in [0.25, 0.3) is 0 Å². The number of rotatable bonds is 8. The third kappa shape index (κ3) is 5.16. The van der Waals surface area contributed by atoms with E-state index in [4.69, 9.17) is 9.47 Å². The molecule has 166 valence electrons. The Labute approximate surface area is 182 Å². The maximum absolute atomic E-state index is 13.3. The summed E-state index contributed by atoms with van der Waals surface area (Å²) in [6.07, 6.45) is 1.87. The number of ether oxygens (including phenoxy) is 2. The Balaban J connectivity index is 1.91. The molecule has 0 aromatic heterocycles. The van der Waals surface area contributed by atoms with Crippen molar-refractivity contribution >= 4 is 11.8 Å². The molecule has 1 heterocycles. The fourth-order valence-electron chi connectivity index (χ4n) is 3.97. The predicted octanol–water partition coefficient (Wildman–Crippen LogP) is 3.62. The summed E-state index contributed by atoms with van der Waals surface area (Å²) in [5.41, 5.74) is 1.22. The molecular weight excluding hydrogens is 399 g/mol. The number of hydrogen-bond acceptors (Lipinski definition) is 4. The summed E-state index contributed by atoms with van der Waals surface area (Å²) in [4.78, 5) is 27.7. The number of methoxy groups -OCH3 is 2. The number of hydrogen-bond donors (Lipinski definition) is 1. The van der Waals surface area contributed by atoms with Gasteiger partial charge in [-0.15, -0.1) is 0 Å². The maximum atomic E-state index is 13.3. The predicted molar refractivity (Wildman–Crippen MR) is 116 cm³/mol. The van der Waals surface area contributed by atoms with Gasteiger partial charge in [-0.05, 0) is 48.9 Å². The normalized spacial score (nSPS) is 18.0. The molecule has 1 N–H and O–H groups in total. The van der Waals surface area contributed by atoms with E-state index in [2.05, 4.69) is 12.2 Å². The van der Waals surface area contributed by atoms with Gasteiger partial charge in [0, 0.05) is 36.7 Å². The van der Waals surface area contributed by atoms with Gasteiger partial charge < -0.3 is 19.7 Å². The summed E-state index contributed by atoms with van der Waals surface area (Å²) in [5.74, 6) is -0.0885. The van der Waals surface area contributed by atoms with E-state index in [1.54, 1.807) is 25.2 Å². The largest absolute Gasteiger partial charge is 0.497 e. The van der Waals surface area contributed by atoms with Crippen molar-refractivity contribution in [2.75, 3.05) is 33.9 Å². The zero-order valence-corrected chi connectivity index (χ0v) is 18.2. The lowest BCUT2D eigenvalue weighted by Crippen LogP contribution is -2.36. The molecule has 31 heavy (non-hydrogen) atoms. The van der Waals surface area contributed by atoms with E-state index in [9.17, 15) is 14.0 Å². The van der Waals surface area contributed by atoms with Crippen molar-refractivity contribution in [1.29, 1.82) is 0 Å². The van der Waals surface area contributed by atoms with Crippen LogP contribution >= 0.6 is 0 Å². The molecule has 1 aliphatic rings. The molecule has 1 aliphatic heterocycles. The number of unbranched alkanes of at least 4 members (excludes halogenated alkanes) is 1. The second-order valence-corrected chi connectivity index (χ2v) is 7.68. The lowest BCUT2D eigenvalue weighted by Gasteiger charge is -2.21. The van der Waals surface area contributed by atoms with Crippen LogP contribution < -0.4 is 14.8 Å². The molecule has 0 unspecified atom stereocenters. The molecule has 6 nitrogen and oxygen atoms in total. The van der Waals surface area contributed by atoms with Gasteiger partial charge in [0.2, 0.25) is 5.91 Å². The monoisotopic (exact) mass is 428 g/mol. The molecule has 2 aromatic carbocycles. The van der Waals surface area contributed by atoms with E-state index >= 15 is 0 Å². The van der Waals surface area contributed by atoms with Crippen LogP contribution in [0.1, 0.15) is 41.6 Å². The number of nitrogens with one attached hydrogen (secondary N) is 1. The van der Waals surface area contributed by atoms with E-state index in [-0.39, 0.29) is 24.3 Å². The molecule has 3 rings (SSSR count). The molecule has 2 amide bonds. The fourth-order valence-corrected chi connectivity index (χ4v) is 3.97. The minimum absolute atomic E-state index is 0.0854. The molecular formula is C24H29FN2O4. The second-order valence-electron chi connectivity index (χ2n) is 7.68. The summed E-state index contributed by atoms with van der Waals surface area (Å²) < 4.78 is 24.2. The molecule has 7 heteroatoms. The second kappa shape index (κ2) is 10.3. The Bertz CT molecular complexity index is 916. The average Bonchev–Trinajstić information content (AvgIpc) is 3.24. The first-order valence-electron chi connectivity index (χ1n) is 10.5. The molecule has 2 aromatic rings. The quantitative estimate of drug-likeness (QED) is 0.652. The van der Waals surface area contributed by atoms with Gasteiger partial charge in [-0.2, -0.15) is 0 Å². The first kappa shape index (κ1) is 22.6. The van der Waals surface area contributed by atoms with Crippen molar-refractivity contribution in [1.82, 2.24) is 10.2 Å². The Kier molecular flexibility index (Phi) is 7.50. The first-order valence-corrected chi connectivity index (χ1v) is 10.5. The highest BCUT2D eigenvalue weighted by atomic mass is 19.1. The van der Waals surface area contributed by atoms with Gasteiger partial charge in [-0.25, -0.2) is 4.39 Å². The maximum Gasteiger partial charge on any atom is 0.253 e. The molecule has 0 spiro atoms. The number of likely N-dealkylation sites (tertiary alicyclic amines) is 1. The lowest BCUT2D eigenvalue weighted by atomic mass is 9.87. The van der Waals surface area contributed by atoms with Crippen LogP contribution in [0.4, 0.5) is 4.39 Å². The Morgan fingerprint density at radius 3 is 2.48 bits per heavy atom. The molecule has 0 bridgehead atoms.